The molecule has 3 aromatic carbocycles. The molecule has 0 fully saturated rings. The van der Waals surface area contributed by atoms with Crippen molar-refractivity contribution in [2.24, 2.45) is 0 Å². The molecule has 0 aliphatic carbocycles. The number of oxazole rings is 1. The number of benzene rings is 3. The number of carbonyl (C=O) groups excluding carboxylic acids is 1. The normalized spacial score (nSPS) is 10.8. The molecule has 1 N–H and O–H groups in total. The number of halogens is 1. The number of hydrogen-bond acceptors (Lipinski definition) is 4. The van der Waals surface area contributed by atoms with E-state index in [0.29, 0.717) is 27.7 Å². The Kier molecular flexibility index (Phi) is 5.00. The van der Waals surface area contributed by atoms with Crippen LogP contribution in [0.25, 0.3) is 22.6 Å². The minimum Gasteiger partial charge on any atom is -0.497 e. The van der Waals surface area contributed by atoms with E-state index in [9.17, 15) is 4.79 Å². The van der Waals surface area contributed by atoms with Gasteiger partial charge in [-0.3, -0.25) is 4.79 Å². The average Bonchev–Trinajstić information content (AvgIpc) is 3.13. The average molecular weight is 393 g/mol. The number of nitrogens with zero attached hydrogens (tertiary/aromatic N) is 1. The first-order chi connectivity index (χ1) is 13.6. The van der Waals surface area contributed by atoms with Crippen molar-refractivity contribution >= 4 is 34.3 Å². The summed E-state index contributed by atoms with van der Waals surface area (Å²) in [6.07, 6.45) is 0.268. The Morgan fingerprint density at radius 2 is 1.93 bits per heavy atom. The number of methoxy groups -OCH3 is 1. The smallest absolute Gasteiger partial charge is 0.228 e. The van der Waals surface area contributed by atoms with E-state index in [4.69, 9.17) is 20.8 Å². The number of aromatic nitrogens is 1. The summed E-state index contributed by atoms with van der Waals surface area (Å²) in [4.78, 5) is 16.8. The maximum Gasteiger partial charge on any atom is 0.228 e. The molecule has 0 aliphatic rings. The van der Waals surface area contributed by atoms with Crippen LogP contribution in [0.3, 0.4) is 0 Å². The van der Waals surface area contributed by atoms with Crippen molar-refractivity contribution < 1.29 is 13.9 Å². The first kappa shape index (κ1) is 18.1. The molecule has 0 spiro atoms. The Labute approximate surface area is 166 Å². The van der Waals surface area contributed by atoms with E-state index >= 15 is 0 Å². The zero-order valence-corrected chi connectivity index (χ0v) is 15.9. The van der Waals surface area contributed by atoms with Gasteiger partial charge in [-0.05, 0) is 48.0 Å². The highest BCUT2D eigenvalue weighted by molar-refractivity contribution is 6.30. The van der Waals surface area contributed by atoms with Crippen LogP contribution < -0.4 is 10.1 Å². The molecule has 0 bridgehead atoms. The third kappa shape index (κ3) is 4.00. The standard InChI is InChI=1S/C22H17ClN2O3/c1-27-18-9-10-20-19(13-18)25-22(28-20)15-3-2-4-17(12-15)24-21(26)11-14-5-7-16(23)8-6-14/h2-10,12-13H,11H2,1H3,(H,24,26). The zero-order valence-electron chi connectivity index (χ0n) is 15.1. The Morgan fingerprint density at radius 3 is 2.71 bits per heavy atom. The summed E-state index contributed by atoms with van der Waals surface area (Å²) in [5, 5.41) is 3.55. The van der Waals surface area contributed by atoms with Gasteiger partial charge < -0.3 is 14.5 Å². The van der Waals surface area contributed by atoms with Crippen molar-refractivity contribution in [1.82, 2.24) is 4.98 Å². The maximum absolute atomic E-state index is 12.3. The van der Waals surface area contributed by atoms with Crippen molar-refractivity contribution in [1.29, 1.82) is 0 Å². The molecule has 1 amide bonds. The molecule has 1 heterocycles. The number of anilines is 1. The summed E-state index contributed by atoms with van der Waals surface area (Å²) in [5.74, 6) is 1.09. The second-order valence-corrected chi connectivity index (χ2v) is 6.72. The molecular weight excluding hydrogens is 376 g/mol. The quantitative estimate of drug-likeness (QED) is 0.498. The molecule has 0 atom stereocenters. The first-order valence-corrected chi connectivity index (χ1v) is 9.08. The number of fused-ring (bicyclic) bond motifs is 1. The lowest BCUT2D eigenvalue weighted by atomic mass is 10.1. The van der Waals surface area contributed by atoms with E-state index in [1.807, 2.05) is 54.6 Å². The summed E-state index contributed by atoms with van der Waals surface area (Å²) in [5.41, 5.74) is 3.74. The monoisotopic (exact) mass is 392 g/mol. The molecule has 0 unspecified atom stereocenters. The van der Waals surface area contributed by atoms with Crippen LogP contribution in [0.2, 0.25) is 5.02 Å². The number of ether oxygens (including phenoxy) is 1. The van der Waals surface area contributed by atoms with Gasteiger partial charge in [0.2, 0.25) is 11.8 Å². The highest BCUT2D eigenvalue weighted by atomic mass is 35.5. The Morgan fingerprint density at radius 1 is 1.11 bits per heavy atom. The van der Waals surface area contributed by atoms with Gasteiger partial charge in [-0.2, -0.15) is 0 Å². The molecule has 5 nitrogen and oxygen atoms in total. The van der Waals surface area contributed by atoms with E-state index in [1.165, 1.54) is 0 Å². The third-order valence-electron chi connectivity index (χ3n) is 4.27. The van der Waals surface area contributed by atoms with Crippen LogP contribution >= 0.6 is 11.6 Å². The molecular formula is C22H17ClN2O3. The van der Waals surface area contributed by atoms with Gasteiger partial charge in [-0.25, -0.2) is 4.98 Å². The molecule has 4 rings (SSSR count). The molecule has 0 saturated heterocycles. The van der Waals surface area contributed by atoms with Gasteiger partial charge in [0.25, 0.3) is 0 Å². The minimum absolute atomic E-state index is 0.109. The molecule has 0 radical (unpaired) electrons. The van der Waals surface area contributed by atoms with Gasteiger partial charge in [0.1, 0.15) is 11.3 Å². The zero-order chi connectivity index (χ0) is 19.5. The van der Waals surface area contributed by atoms with Gasteiger partial charge in [-0.15, -0.1) is 0 Å². The van der Waals surface area contributed by atoms with E-state index in [-0.39, 0.29) is 12.3 Å². The Balaban J connectivity index is 1.52. The van der Waals surface area contributed by atoms with Crippen LogP contribution in [0, 0.1) is 0 Å². The van der Waals surface area contributed by atoms with Crippen LogP contribution in [0.1, 0.15) is 5.56 Å². The second kappa shape index (κ2) is 7.74. The highest BCUT2D eigenvalue weighted by Gasteiger charge is 2.11. The van der Waals surface area contributed by atoms with E-state index in [1.54, 1.807) is 19.2 Å². The number of rotatable bonds is 5. The minimum atomic E-state index is -0.109. The maximum atomic E-state index is 12.3. The number of nitrogens with one attached hydrogen (secondary N) is 1. The van der Waals surface area contributed by atoms with E-state index in [2.05, 4.69) is 10.3 Å². The van der Waals surface area contributed by atoms with E-state index in [0.717, 1.165) is 16.9 Å². The lowest BCUT2D eigenvalue weighted by Crippen LogP contribution is -2.14. The van der Waals surface area contributed by atoms with Crippen LogP contribution in [-0.2, 0) is 11.2 Å². The van der Waals surface area contributed by atoms with Crippen molar-refractivity contribution in [3.63, 3.8) is 0 Å². The molecule has 6 heteroatoms. The van der Waals surface area contributed by atoms with Crippen LogP contribution in [0.15, 0.2) is 71.1 Å². The van der Waals surface area contributed by atoms with Gasteiger partial charge >= 0.3 is 0 Å². The van der Waals surface area contributed by atoms with Gasteiger partial charge in [-0.1, -0.05) is 29.8 Å². The van der Waals surface area contributed by atoms with Crippen molar-refractivity contribution in [2.75, 3.05) is 12.4 Å². The molecule has 0 aliphatic heterocycles. The lowest BCUT2D eigenvalue weighted by Gasteiger charge is -2.06. The fourth-order valence-corrected chi connectivity index (χ4v) is 3.01. The topological polar surface area (TPSA) is 64.4 Å². The highest BCUT2D eigenvalue weighted by Crippen LogP contribution is 2.28. The predicted molar refractivity (Wildman–Crippen MR) is 110 cm³/mol. The lowest BCUT2D eigenvalue weighted by molar-refractivity contribution is -0.115. The van der Waals surface area contributed by atoms with Gasteiger partial charge in [0.15, 0.2) is 5.58 Å². The van der Waals surface area contributed by atoms with Crippen LogP contribution in [0.5, 0.6) is 5.75 Å². The largest absolute Gasteiger partial charge is 0.497 e. The fraction of sp³-hybridized carbons (Fsp3) is 0.0909. The summed E-state index contributed by atoms with van der Waals surface area (Å²) in [6.45, 7) is 0. The van der Waals surface area contributed by atoms with Gasteiger partial charge in [0, 0.05) is 22.3 Å². The van der Waals surface area contributed by atoms with E-state index < -0.39 is 0 Å². The predicted octanol–water partition coefficient (Wildman–Crippen LogP) is 5.34. The fourth-order valence-electron chi connectivity index (χ4n) is 2.88. The van der Waals surface area contributed by atoms with Crippen LogP contribution in [-0.4, -0.2) is 18.0 Å². The molecule has 1 aromatic heterocycles. The summed E-state index contributed by atoms with van der Waals surface area (Å²) < 4.78 is 11.0. The van der Waals surface area contributed by atoms with Crippen molar-refractivity contribution in [2.45, 2.75) is 6.42 Å². The molecule has 28 heavy (non-hydrogen) atoms. The Bertz CT molecular complexity index is 1140. The van der Waals surface area contributed by atoms with Crippen LogP contribution in [0.4, 0.5) is 5.69 Å². The summed E-state index contributed by atoms with van der Waals surface area (Å²) in [6, 6.07) is 20.1. The number of amides is 1. The second-order valence-electron chi connectivity index (χ2n) is 6.28. The SMILES string of the molecule is COc1ccc2oc(-c3cccc(NC(=O)Cc4ccc(Cl)cc4)c3)nc2c1. The Hall–Kier alpha value is -3.31. The molecule has 140 valence electrons. The molecule has 0 saturated carbocycles. The number of carbonyl (C=O) groups is 1. The van der Waals surface area contributed by atoms with Gasteiger partial charge in [0.05, 0.1) is 13.5 Å². The van der Waals surface area contributed by atoms with Crippen molar-refractivity contribution in [3.8, 4) is 17.2 Å². The van der Waals surface area contributed by atoms with Crippen molar-refractivity contribution in [3.05, 3.63) is 77.3 Å². The molecule has 4 aromatic rings. The first-order valence-electron chi connectivity index (χ1n) is 8.70. The summed E-state index contributed by atoms with van der Waals surface area (Å²) in [7, 11) is 1.61. The third-order valence-corrected chi connectivity index (χ3v) is 4.52. The summed E-state index contributed by atoms with van der Waals surface area (Å²) >= 11 is 5.88. The number of hydrogen-bond donors (Lipinski definition) is 1.